The van der Waals surface area contributed by atoms with Crippen molar-refractivity contribution in [1.29, 1.82) is 5.26 Å². The standard InChI is InChI=1S/C19H17N3O3/c1-10-5-6-13(25-10)16-14-11(7-20)8-22(19(2,3)4)17(14)21-12-9-24-18(23)15(12)16/h5-6,8H,9H2,1-4H3. The second-order valence-corrected chi connectivity index (χ2v) is 7.19. The molecule has 4 heterocycles. The molecule has 0 saturated carbocycles. The minimum absolute atomic E-state index is 0.133. The van der Waals surface area contributed by atoms with E-state index in [9.17, 15) is 10.1 Å². The van der Waals surface area contributed by atoms with Crippen molar-refractivity contribution in [3.05, 3.63) is 40.9 Å². The predicted molar refractivity (Wildman–Crippen MR) is 91.0 cm³/mol. The fourth-order valence-corrected chi connectivity index (χ4v) is 3.25. The van der Waals surface area contributed by atoms with Crippen molar-refractivity contribution in [3.63, 3.8) is 0 Å². The van der Waals surface area contributed by atoms with Crippen LogP contribution in [0.25, 0.3) is 22.4 Å². The lowest BCUT2D eigenvalue weighted by Crippen LogP contribution is -2.21. The van der Waals surface area contributed by atoms with Gasteiger partial charge in [-0.3, -0.25) is 0 Å². The maximum Gasteiger partial charge on any atom is 0.341 e. The Morgan fingerprint density at radius 1 is 1.28 bits per heavy atom. The third-order valence-electron chi connectivity index (χ3n) is 4.38. The summed E-state index contributed by atoms with van der Waals surface area (Å²) in [5.41, 5.74) is 2.41. The number of carbonyl (C=O) groups is 1. The average molecular weight is 335 g/mol. The number of fused-ring (bicyclic) bond motifs is 2. The molecule has 1 aliphatic heterocycles. The predicted octanol–water partition coefficient (Wildman–Crippen LogP) is 3.90. The monoisotopic (exact) mass is 335 g/mol. The van der Waals surface area contributed by atoms with Gasteiger partial charge in [0.25, 0.3) is 0 Å². The van der Waals surface area contributed by atoms with Crippen molar-refractivity contribution in [2.75, 3.05) is 0 Å². The Morgan fingerprint density at radius 3 is 2.64 bits per heavy atom. The lowest BCUT2D eigenvalue weighted by Gasteiger charge is -2.22. The van der Waals surface area contributed by atoms with E-state index in [2.05, 4.69) is 11.1 Å². The molecule has 0 spiro atoms. The SMILES string of the molecule is Cc1ccc(-c2c3c(nc4c2c(C#N)cn4C(C)(C)C)COC3=O)o1. The van der Waals surface area contributed by atoms with Gasteiger partial charge in [0.15, 0.2) is 0 Å². The van der Waals surface area contributed by atoms with Crippen LogP contribution in [0.3, 0.4) is 0 Å². The highest BCUT2D eigenvalue weighted by Crippen LogP contribution is 2.40. The van der Waals surface area contributed by atoms with Crippen LogP contribution in [-0.4, -0.2) is 15.5 Å². The fourth-order valence-electron chi connectivity index (χ4n) is 3.25. The zero-order valence-corrected chi connectivity index (χ0v) is 14.5. The number of pyridine rings is 1. The molecule has 25 heavy (non-hydrogen) atoms. The van der Waals surface area contributed by atoms with Crippen molar-refractivity contribution in [2.24, 2.45) is 0 Å². The zero-order chi connectivity index (χ0) is 17.9. The number of furan rings is 1. The normalized spacial score (nSPS) is 13.8. The number of ether oxygens (including phenoxy) is 1. The van der Waals surface area contributed by atoms with Crippen LogP contribution < -0.4 is 0 Å². The van der Waals surface area contributed by atoms with E-state index in [1.807, 2.05) is 44.4 Å². The lowest BCUT2D eigenvalue weighted by atomic mass is 9.99. The van der Waals surface area contributed by atoms with Gasteiger partial charge in [0.1, 0.15) is 29.8 Å². The van der Waals surface area contributed by atoms with Crippen LogP contribution in [0.15, 0.2) is 22.7 Å². The Balaban J connectivity index is 2.21. The maximum absolute atomic E-state index is 12.3. The number of nitriles is 1. The van der Waals surface area contributed by atoms with E-state index >= 15 is 0 Å². The average Bonchev–Trinajstić information content (AvgIpc) is 3.22. The Bertz CT molecular complexity index is 1070. The molecule has 0 unspecified atom stereocenters. The molecule has 0 atom stereocenters. The first-order valence-electron chi connectivity index (χ1n) is 8.03. The fraction of sp³-hybridized carbons (Fsp3) is 0.316. The number of hydrogen-bond donors (Lipinski definition) is 0. The number of nitrogens with zero attached hydrogens (tertiary/aromatic N) is 3. The molecule has 0 N–H and O–H groups in total. The summed E-state index contributed by atoms with van der Waals surface area (Å²) in [4.78, 5) is 17.0. The highest BCUT2D eigenvalue weighted by atomic mass is 16.5. The molecule has 3 aromatic heterocycles. The van der Waals surface area contributed by atoms with Gasteiger partial charge in [-0.1, -0.05) is 0 Å². The summed E-state index contributed by atoms with van der Waals surface area (Å²) < 4.78 is 12.9. The Hall–Kier alpha value is -3.07. The summed E-state index contributed by atoms with van der Waals surface area (Å²) in [5.74, 6) is 0.845. The second kappa shape index (κ2) is 4.96. The summed E-state index contributed by atoms with van der Waals surface area (Å²) in [6.45, 7) is 8.10. The Kier molecular flexibility index (Phi) is 3.07. The summed E-state index contributed by atoms with van der Waals surface area (Å²) in [6, 6.07) is 5.88. The zero-order valence-electron chi connectivity index (χ0n) is 14.5. The summed E-state index contributed by atoms with van der Waals surface area (Å²) in [6.07, 6.45) is 1.79. The molecule has 126 valence electrons. The number of aryl methyl sites for hydroxylation is 1. The summed E-state index contributed by atoms with van der Waals surface area (Å²) in [5, 5.41) is 10.3. The topological polar surface area (TPSA) is 81.0 Å². The van der Waals surface area contributed by atoms with Crippen LogP contribution in [0.5, 0.6) is 0 Å². The smallest absolute Gasteiger partial charge is 0.341 e. The molecule has 0 aromatic carbocycles. The molecular weight excluding hydrogens is 318 g/mol. The van der Waals surface area contributed by atoms with E-state index in [1.54, 1.807) is 6.20 Å². The Labute approximate surface area is 144 Å². The molecule has 0 fully saturated rings. The molecule has 4 rings (SSSR count). The molecular formula is C19H17N3O3. The second-order valence-electron chi connectivity index (χ2n) is 7.19. The van der Waals surface area contributed by atoms with Gasteiger partial charge in [-0.2, -0.15) is 5.26 Å². The minimum Gasteiger partial charge on any atom is -0.461 e. The van der Waals surface area contributed by atoms with Crippen molar-refractivity contribution >= 4 is 17.0 Å². The van der Waals surface area contributed by atoms with E-state index in [-0.39, 0.29) is 12.1 Å². The van der Waals surface area contributed by atoms with Crippen molar-refractivity contribution in [1.82, 2.24) is 9.55 Å². The van der Waals surface area contributed by atoms with Gasteiger partial charge in [0.05, 0.1) is 16.8 Å². The minimum atomic E-state index is -0.430. The third-order valence-corrected chi connectivity index (χ3v) is 4.38. The number of esters is 1. The number of hydrogen-bond acceptors (Lipinski definition) is 5. The number of cyclic esters (lactones) is 1. The van der Waals surface area contributed by atoms with Gasteiger partial charge in [0.2, 0.25) is 0 Å². The van der Waals surface area contributed by atoms with Crippen LogP contribution >= 0.6 is 0 Å². The van der Waals surface area contributed by atoms with E-state index in [1.165, 1.54) is 0 Å². The van der Waals surface area contributed by atoms with Gasteiger partial charge < -0.3 is 13.7 Å². The lowest BCUT2D eigenvalue weighted by molar-refractivity contribution is 0.0533. The number of aromatic nitrogens is 2. The van der Waals surface area contributed by atoms with Gasteiger partial charge in [-0.25, -0.2) is 9.78 Å². The van der Waals surface area contributed by atoms with E-state index in [0.29, 0.717) is 39.2 Å². The maximum atomic E-state index is 12.3. The highest BCUT2D eigenvalue weighted by molar-refractivity contribution is 6.09. The molecule has 6 heteroatoms. The Morgan fingerprint density at radius 2 is 2.04 bits per heavy atom. The van der Waals surface area contributed by atoms with Crippen LogP contribution in [0.2, 0.25) is 0 Å². The highest BCUT2D eigenvalue weighted by Gasteiger charge is 2.33. The number of rotatable bonds is 1. The largest absolute Gasteiger partial charge is 0.461 e. The first-order valence-corrected chi connectivity index (χ1v) is 8.03. The van der Waals surface area contributed by atoms with Crippen LogP contribution in [-0.2, 0) is 16.9 Å². The molecule has 3 aromatic rings. The van der Waals surface area contributed by atoms with Crippen molar-refractivity contribution < 1.29 is 13.9 Å². The van der Waals surface area contributed by atoms with Gasteiger partial charge in [-0.05, 0) is 39.8 Å². The molecule has 6 nitrogen and oxygen atoms in total. The first-order chi connectivity index (χ1) is 11.8. The van der Waals surface area contributed by atoms with Gasteiger partial charge >= 0.3 is 5.97 Å². The number of carbonyl (C=O) groups excluding carboxylic acids is 1. The van der Waals surface area contributed by atoms with Crippen molar-refractivity contribution in [2.45, 2.75) is 39.8 Å². The molecule has 0 aliphatic carbocycles. The molecule has 1 aliphatic rings. The van der Waals surface area contributed by atoms with E-state index < -0.39 is 5.97 Å². The van der Waals surface area contributed by atoms with Gasteiger partial charge in [0, 0.05) is 22.7 Å². The van der Waals surface area contributed by atoms with Crippen LogP contribution in [0.1, 0.15) is 48.1 Å². The third kappa shape index (κ3) is 2.16. The molecule has 0 bridgehead atoms. The van der Waals surface area contributed by atoms with Gasteiger partial charge in [-0.15, -0.1) is 0 Å². The van der Waals surface area contributed by atoms with Crippen molar-refractivity contribution in [3.8, 4) is 17.4 Å². The molecule has 0 saturated heterocycles. The van der Waals surface area contributed by atoms with Crippen LogP contribution in [0, 0.1) is 18.3 Å². The molecule has 0 amide bonds. The first kappa shape index (κ1) is 15.5. The molecule has 0 radical (unpaired) electrons. The summed E-state index contributed by atoms with van der Waals surface area (Å²) in [7, 11) is 0. The van der Waals surface area contributed by atoms with Crippen LogP contribution in [0.4, 0.5) is 0 Å². The van der Waals surface area contributed by atoms with E-state index in [4.69, 9.17) is 9.15 Å². The van der Waals surface area contributed by atoms with E-state index in [0.717, 1.165) is 5.76 Å². The quantitative estimate of drug-likeness (QED) is 0.630. The summed E-state index contributed by atoms with van der Waals surface area (Å²) >= 11 is 0.